The molecule has 0 aliphatic carbocycles. The molecule has 3 amide bonds. The van der Waals surface area contributed by atoms with Crippen LogP contribution in [0.3, 0.4) is 0 Å². The highest BCUT2D eigenvalue weighted by atomic mass is 79.9. The zero-order valence-corrected chi connectivity index (χ0v) is 14.9. The minimum atomic E-state index is -1.11. The van der Waals surface area contributed by atoms with Gasteiger partial charge in [-0.15, -0.1) is 0 Å². The summed E-state index contributed by atoms with van der Waals surface area (Å²) in [6, 6.07) is 3.89. The van der Waals surface area contributed by atoms with E-state index >= 15 is 0 Å². The van der Waals surface area contributed by atoms with Gasteiger partial charge in [0.25, 0.3) is 5.91 Å². The largest absolute Gasteiger partial charge is 0.496 e. The van der Waals surface area contributed by atoms with Crippen molar-refractivity contribution in [2.75, 3.05) is 7.11 Å². The number of hydrogen-bond donors (Lipinski definition) is 2. The fraction of sp³-hybridized carbons (Fsp3) is 0.400. The molecule has 1 aromatic rings. The molecule has 0 saturated heterocycles. The third kappa shape index (κ3) is 5.90. The molecule has 0 aliphatic heterocycles. The first-order valence-corrected chi connectivity index (χ1v) is 7.69. The number of amides is 3. The SMILES string of the molecule is COc1ccc(C(=O)O[C@H](C)C(=O)NC(=O)NC(C)C)cc1Br. The maximum atomic E-state index is 12.0. The van der Waals surface area contributed by atoms with E-state index in [0.29, 0.717) is 10.2 Å². The summed E-state index contributed by atoms with van der Waals surface area (Å²) < 4.78 is 10.7. The Kier molecular flexibility index (Phi) is 7.02. The molecule has 0 unspecified atom stereocenters. The van der Waals surface area contributed by atoms with Crippen LogP contribution in [0.25, 0.3) is 0 Å². The zero-order valence-electron chi connectivity index (χ0n) is 13.3. The molecule has 8 heteroatoms. The first kappa shape index (κ1) is 19.0. The molecule has 0 radical (unpaired) electrons. The van der Waals surface area contributed by atoms with Gasteiger partial charge in [-0.25, -0.2) is 9.59 Å². The third-order valence-electron chi connectivity index (χ3n) is 2.70. The Labute approximate surface area is 142 Å². The van der Waals surface area contributed by atoms with Gasteiger partial charge in [0.05, 0.1) is 17.1 Å². The van der Waals surface area contributed by atoms with Crippen LogP contribution in [0.1, 0.15) is 31.1 Å². The summed E-state index contributed by atoms with van der Waals surface area (Å²) >= 11 is 3.26. The average Bonchev–Trinajstić information content (AvgIpc) is 2.45. The Morgan fingerprint density at radius 3 is 2.35 bits per heavy atom. The number of esters is 1. The molecule has 0 aliphatic rings. The van der Waals surface area contributed by atoms with E-state index in [2.05, 4.69) is 26.6 Å². The summed E-state index contributed by atoms with van der Waals surface area (Å²) in [5.41, 5.74) is 0.254. The summed E-state index contributed by atoms with van der Waals surface area (Å²) in [7, 11) is 1.51. The Morgan fingerprint density at radius 2 is 1.83 bits per heavy atom. The van der Waals surface area contributed by atoms with Gasteiger partial charge in [-0.1, -0.05) is 0 Å². The van der Waals surface area contributed by atoms with E-state index in [1.807, 2.05) is 0 Å². The lowest BCUT2D eigenvalue weighted by Crippen LogP contribution is -2.46. The van der Waals surface area contributed by atoms with Crippen molar-refractivity contribution in [1.82, 2.24) is 10.6 Å². The third-order valence-corrected chi connectivity index (χ3v) is 3.32. The van der Waals surface area contributed by atoms with Gasteiger partial charge in [-0.3, -0.25) is 10.1 Å². The summed E-state index contributed by atoms with van der Waals surface area (Å²) in [4.78, 5) is 35.2. The summed E-state index contributed by atoms with van der Waals surface area (Å²) in [5.74, 6) is -0.818. The maximum absolute atomic E-state index is 12.0. The molecular formula is C15H19BrN2O5. The van der Waals surface area contributed by atoms with Crippen molar-refractivity contribution in [3.63, 3.8) is 0 Å². The number of halogens is 1. The number of nitrogens with one attached hydrogen (secondary N) is 2. The highest BCUT2D eigenvalue weighted by molar-refractivity contribution is 9.10. The lowest BCUT2D eigenvalue weighted by Gasteiger charge is -2.14. The van der Waals surface area contributed by atoms with Crippen LogP contribution in [0.4, 0.5) is 4.79 Å². The molecule has 0 saturated carbocycles. The summed E-state index contributed by atoms with van der Waals surface area (Å²) in [6.45, 7) is 4.90. The highest BCUT2D eigenvalue weighted by Crippen LogP contribution is 2.25. The monoisotopic (exact) mass is 386 g/mol. The van der Waals surface area contributed by atoms with Crippen LogP contribution in [-0.4, -0.2) is 37.2 Å². The fourth-order valence-corrected chi connectivity index (χ4v) is 2.13. The smallest absolute Gasteiger partial charge is 0.338 e. The first-order valence-electron chi connectivity index (χ1n) is 6.90. The van der Waals surface area contributed by atoms with E-state index < -0.39 is 24.0 Å². The molecule has 1 aromatic carbocycles. The van der Waals surface area contributed by atoms with E-state index in [4.69, 9.17) is 9.47 Å². The minimum Gasteiger partial charge on any atom is -0.496 e. The first-order chi connectivity index (χ1) is 10.7. The van der Waals surface area contributed by atoms with Crippen molar-refractivity contribution >= 4 is 33.8 Å². The molecule has 2 N–H and O–H groups in total. The lowest BCUT2D eigenvalue weighted by atomic mass is 10.2. The van der Waals surface area contributed by atoms with Gasteiger partial charge in [-0.2, -0.15) is 0 Å². The lowest BCUT2D eigenvalue weighted by molar-refractivity contribution is -0.127. The van der Waals surface area contributed by atoms with Crippen LogP contribution in [0, 0.1) is 0 Å². The number of methoxy groups -OCH3 is 1. The van der Waals surface area contributed by atoms with Crippen molar-refractivity contribution < 1.29 is 23.9 Å². The van der Waals surface area contributed by atoms with Crippen molar-refractivity contribution in [2.24, 2.45) is 0 Å². The Balaban J connectivity index is 2.64. The molecule has 0 aromatic heterocycles. The second-order valence-corrected chi connectivity index (χ2v) is 5.87. The second-order valence-electron chi connectivity index (χ2n) is 5.01. The predicted octanol–water partition coefficient (Wildman–Crippen LogP) is 2.24. The number of carbonyl (C=O) groups excluding carboxylic acids is 3. The van der Waals surface area contributed by atoms with Crippen LogP contribution in [0.15, 0.2) is 22.7 Å². The van der Waals surface area contributed by atoms with Gasteiger partial charge in [0.15, 0.2) is 6.10 Å². The fourth-order valence-electron chi connectivity index (χ4n) is 1.59. The maximum Gasteiger partial charge on any atom is 0.338 e. The number of ether oxygens (including phenoxy) is 2. The van der Waals surface area contributed by atoms with Crippen molar-refractivity contribution in [3.8, 4) is 5.75 Å². The predicted molar refractivity (Wildman–Crippen MR) is 87.4 cm³/mol. The molecule has 1 rings (SSSR count). The van der Waals surface area contributed by atoms with Crippen molar-refractivity contribution in [2.45, 2.75) is 32.9 Å². The molecule has 0 spiro atoms. The van der Waals surface area contributed by atoms with Gasteiger partial charge in [0.2, 0.25) is 0 Å². The van der Waals surface area contributed by atoms with Gasteiger partial charge in [0.1, 0.15) is 5.75 Å². The molecular weight excluding hydrogens is 368 g/mol. The number of urea groups is 1. The number of hydrogen-bond acceptors (Lipinski definition) is 5. The number of imide groups is 1. The number of rotatable bonds is 5. The quantitative estimate of drug-likeness (QED) is 0.756. The molecule has 0 bridgehead atoms. The molecule has 7 nitrogen and oxygen atoms in total. The highest BCUT2D eigenvalue weighted by Gasteiger charge is 2.21. The van der Waals surface area contributed by atoms with E-state index in [9.17, 15) is 14.4 Å². The van der Waals surface area contributed by atoms with Crippen LogP contribution in [-0.2, 0) is 9.53 Å². The molecule has 1 atom stereocenters. The standard InChI is InChI=1S/C15H19BrN2O5/c1-8(2)17-15(21)18-13(19)9(3)23-14(20)10-5-6-12(22-4)11(16)7-10/h5-9H,1-4H3,(H2,17,18,19,21)/t9-/m1/s1. The number of benzene rings is 1. The van der Waals surface area contributed by atoms with Crippen LogP contribution >= 0.6 is 15.9 Å². The normalized spacial score (nSPS) is 11.6. The second kappa shape index (κ2) is 8.52. The zero-order chi connectivity index (χ0) is 17.6. The van der Waals surface area contributed by atoms with Gasteiger partial charge in [-0.05, 0) is 54.9 Å². The molecule has 0 fully saturated rings. The number of carbonyl (C=O) groups is 3. The Bertz CT molecular complexity index is 604. The Morgan fingerprint density at radius 1 is 1.17 bits per heavy atom. The summed E-state index contributed by atoms with van der Waals surface area (Å²) in [6.07, 6.45) is -1.11. The minimum absolute atomic E-state index is 0.114. The van der Waals surface area contributed by atoms with Crippen LogP contribution in [0.5, 0.6) is 5.75 Å². The van der Waals surface area contributed by atoms with E-state index in [1.165, 1.54) is 26.2 Å². The van der Waals surface area contributed by atoms with Crippen molar-refractivity contribution in [1.29, 1.82) is 0 Å². The van der Waals surface area contributed by atoms with Crippen LogP contribution in [0.2, 0.25) is 0 Å². The molecule has 23 heavy (non-hydrogen) atoms. The van der Waals surface area contributed by atoms with Gasteiger partial charge >= 0.3 is 12.0 Å². The van der Waals surface area contributed by atoms with E-state index in [0.717, 1.165) is 0 Å². The van der Waals surface area contributed by atoms with Crippen molar-refractivity contribution in [3.05, 3.63) is 28.2 Å². The molecule has 0 heterocycles. The topological polar surface area (TPSA) is 93.7 Å². The summed E-state index contributed by atoms with van der Waals surface area (Å²) in [5, 5.41) is 4.60. The van der Waals surface area contributed by atoms with Crippen LogP contribution < -0.4 is 15.4 Å². The molecule has 126 valence electrons. The van der Waals surface area contributed by atoms with Gasteiger partial charge in [0, 0.05) is 6.04 Å². The Hall–Kier alpha value is -2.09. The average molecular weight is 387 g/mol. The van der Waals surface area contributed by atoms with E-state index in [1.54, 1.807) is 19.9 Å². The van der Waals surface area contributed by atoms with Gasteiger partial charge < -0.3 is 14.8 Å². The van der Waals surface area contributed by atoms with E-state index in [-0.39, 0.29) is 11.6 Å².